The van der Waals surface area contributed by atoms with Crippen LogP contribution in [0.3, 0.4) is 0 Å². The lowest BCUT2D eigenvalue weighted by Crippen LogP contribution is -2.39. The molecule has 0 bridgehead atoms. The summed E-state index contributed by atoms with van der Waals surface area (Å²) in [7, 11) is 0. The van der Waals surface area contributed by atoms with Gasteiger partial charge in [-0.1, -0.05) is 17.7 Å². The molecule has 0 spiro atoms. The summed E-state index contributed by atoms with van der Waals surface area (Å²) in [6.45, 7) is 5.31. The maximum absolute atomic E-state index is 13.4. The summed E-state index contributed by atoms with van der Waals surface area (Å²) in [6, 6.07) is 14.1. The van der Waals surface area contributed by atoms with Crippen molar-refractivity contribution in [1.29, 1.82) is 0 Å². The molecule has 0 amide bonds. The monoisotopic (exact) mass is 426 g/mol. The summed E-state index contributed by atoms with van der Waals surface area (Å²) in [4.78, 5) is 19.0. The summed E-state index contributed by atoms with van der Waals surface area (Å²) < 4.78 is 15.0. The third kappa shape index (κ3) is 4.33. The largest absolute Gasteiger partial charge is 0.382 e. The van der Waals surface area contributed by atoms with Crippen molar-refractivity contribution >= 4 is 23.0 Å². The van der Waals surface area contributed by atoms with Crippen LogP contribution in [-0.4, -0.2) is 28.7 Å². The number of rotatable bonds is 4. The van der Waals surface area contributed by atoms with Crippen LogP contribution in [-0.2, 0) is 0 Å². The van der Waals surface area contributed by atoms with Crippen LogP contribution >= 0.6 is 11.6 Å². The molecule has 1 N–H and O–H groups in total. The van der Waals surface area contributed by atoms with Crippen molar-refractivity contribution in [3.8, 4) is 5.69 Å². The molecular formula is C23H24ClFN4O. The molecule has 0 saturated carbocycles. The first-order valence-electron chi connectivity index (χ1n) is 10.0. The Hall–Kier alpha value is -2.86. The first kappa shape index (κ1) is 20.4. The molecule has 2 aromatic carbocycles. The van der Waals surface area contributed by atoms with Gasteiger partial charge in [0.05, 0.1) is 16.4 Å². The Morgan fingerprint density at radius 2 is 1.87 bits per heavy atom. The molecule has 0 unspecified atom stereocenters. The molecule has 2 heterocycles. The lowest BCUT2D eigenvalue weighted by molar-refractivity contribution is 0.526. The Bertz CT molecular complexity index is 1120. The van der Waals surface area contributed by atoms with Crippen LogP contribution < -0.4 is 15.8 Å². The molecule has 0 aliphatic carbocycles. The van der Waals surface area contributed by atoms with Crippen LogP contribution in [0.15, 0.2) is 53.3 Å². The van der Waals surface area contributed by atoms with E-state index in [1.807, 2.05) is 38.1 Å². The van der Waals surface area contributed by atoms with Gasteiger partial charge in [-0.3, -0.25) is 9.36 Å². The quantitative estimate of drug-likeness (QED) is 0.655. The molecule has 3 aromatic rings. The molecule has 1 fully saturated rings. The van der Waals surface area contributed by atoms with Gasteiger partial charge in [-0.05, 0) is 63.1 Å². The smallest absolute Gasteiger partial charge is 0.258 e. The molecule has 4 rings (SSSR count). The summed E-state index contributed by atoms with van der Waals surface area (Å²) >= 11 is 6.60. The van der Waals surface area contributed by atoms with Crippen molar-refractivity contribution in [3.05, 3.63) is 81.2 Å². The molecule has 5 nitrogen and oxygen atoms in total. The first-order chi connectivity index (χ1) is 14.4. The number of hydrogen-bond acceptors (Lipinski definition) is 4. The van der Waals surface area contributed by atoms with Crippen LogP contribution in [0, 0.1) is 19.7 Å². The number of anilines is 2. The molecule has 7 heteroatoms. The van der Waals surface area contributed by atoms with Gasteiger partial charge < -0.3 is 10.2 Å². The Morgan fingerprint density at radius 3 is 2.53 bits per heavy atom. The highest BCUT2D eigenvalue weighted by molar-refractivity contribution is 6.33. The summed E-state index contributed by atoms with van der Waals surface area (Å²) in [6.07, 6.45) is 1.85. The molecule has 1 saturated heterocycles. The Kier molecular flexibility index (Phi) is 5.77. The molecule has 1 aliphatic rings. The van der Waals surface area contributed by atoms with E-state index in [1.54, 1.807) is 10.6 Å². The standard InChI is InChI=1S/C23H24ClFN4O/c1-15-12-23(30)29(16(2)26-15)20-6-7-22(21(24)14-20)28-10-8-18(9-11-28)27-19-5-3-4-17(25)13-19/h3-7,12-14,18,27H,8-11H2,1-2H3. The van der Waals surface area contributed by atoms with Crippen molar-refractivity contribution < 1.29 is 4.39 Å². The average Bonchev–Trinajstić information content (AvgIpc) is 2.68. The lowest BCUT2D eigenvalue weighted by Gasteiger charge is -2.35. The fourth-order valence-corrected chi connectivity index (χ4v) is 4.32. The second kappa shape index (κ2) is 8.48. The maximum atomic E-state index is 13.4. The SMILES string of the molecule is Cc1cc(=O)n(-c2ccc(N3CCC(Nc4cccc(F)c4)CC3)c(Cl)c2)c(C)n1. The Balaban J connectivity index is 1.47. The van der Waals surface area contributed by atoms with E-state index in [1.165, 1.54) is 18.2 Å². The van der Waals surface area contributed by atoms with E-state index >= 15 is 0 Å². The molecule has 156 valence electrons. The number of aryl methyl sites for hydroxylation is 2. The number of benzene rings is 2. The normalized spacial score (nSPS) is 14.7. The minimum absolute atomic E-state index is 0.118. The number of piperidine rings is 1. The van der Waals surface area contributed by atoms with E-state index in [9.17, 15) is 9.18 Å². The van der Waals surface area contributed by atoms with Gasteiger partial charge >= 0.3 is 0 Å². The third-order valence-electron chi connectivity index (χ3n) is 5.44. The molecule has 1 aromatic heterocycles. The van der Waals surface area contributed by atoms with Crippen molar-refractivity contribution in [3.63, 3.8) is 0 Å². The minimum Gasteiger partial charge on any atom is -0.382 e. The van der Waals surface area contributed by atoms with E-state index in [-0.39, 0.29) is 11.4 Å². The third-order valence-corrected chi connectivity index (χ3v) is 5.74. The highest BCUT2D eigenvalue weighted by atomic mass is 35.5. The van der Waals surface area contributed by atoms with Crippen molar-refractivity contribution in [2.24, 2.45) is 0 Å². The van der Waals surface area contributed by atoms with Crippen molar-refractivity contribution in [2.75, 3.05) is 23.3 Å². The number of hydrogen-bond donors (Lipinski definition) is 1. The average molecular weight is 427 g/mol. The van der Waals surface area contributed by atoms with Crippen LogP contribution in [0.2, 0.25) is 5.02 Å². The van der Waals surface area contributed by atoms with E-state index in [4.69, 9.17) is 11.6 Å². The van der Waals surface area contributed by atoms with Gasteiger partial charge in [0, 0.05) is 36.6 Å². The zero-order chi connectivity index (χ0) is 21.3. The van der Waals surface area contributed by atoms with Gasteiger partial charge in [-0.2, -0.15) is 0 Å². The molecule has 30 heavy (non-hydrogen) atoms. The highest BCUT2D eigenvalue weighted by Crippen LogP contribution is 2.31. The fourth-order valence-electron chi connectivity index (χ4n) is 4.02. The Morgan fingerprint density at radius 1 is 1.10 bits per heavy atom. The molecule has 0 radical (unpaired) electrons. The minimum atomic E-state index is -0.234. The van der Waals surface area contributed by atoms with E-state index < -0.39 is 0 Å². The number of aromatic nitrogens is 2. The van der Waals surface area contributed by atoms with Crippen LogP contribution in [0.4, 0.5) is 15.8 Å². The number of nitrogens with zero attached hydrogens (tertiary/aromatic N) is 3. The predicted molar refractivity (Wildman–Crippen MR) is 120 cm³/mol. The van der Waals surface area contributed by atoms with E-state index in [0.717, 1.165) is 37.3 Å². The van der Waals surface area contributed by atoms with Crippen LogP contribution in [0.25, 0.3) is 5.69 Å². The Labute approximate surface area is 180 Å². The maximum Gasteiger partial charge on any atom is 0.258 e. The van der Waals surface area contributed by atoms with Gasteiger partial charge in [0.1, 0.15) is 11.6 Å². The van der Waals surface area contributed by atoms with Crippen LogP contribution in [0.1, 0.15) is 24.4 Å². The van der Waals surface area contributed by atoms with Gasteiger partial charge in [0.15, 0.2) is 0 Å². The van der Waals surface area contributed by atoms with Crippen LogP contribution in [0.5, 0.6) is 0 Å². The molecule has 1 aliphatic heterocycles. The van der Waals surface area contributed by atoms with Gasteiger partial charge in [0.2, 0.25) is 0 Å². The second-order valence-corrected chi connectivity index (χ2v) is 8.08. The zero-order valence-corrected chi connectivity index (χ0v) is 17.8. The second-order valence-electron chi connectivity index (χ2n) is 7.67. The number of halogens is 2. The molecular weight excluding hydrogens is 403 g/mol. The molecule has 0 atom stereocenters. The predicted octanol–water partition coefficient (Wildman–Crippen LogP) is 4.72. The van der Waals surface area contributed by atoms with E-state index in [0.29, 0.717) is 28.3 Å². The lowest BCUT2D eigenvalue weighted by atomic mass is 10.0. The topological polar surface area (TPSA) is 50.2 Å². The van der Waals surface area contributed by atoms with Gasteiger partial charge in [-0.25, -0.2) is 9.37 Å². The summed E-state index contributed by atoms with van der Waals surface area (Å²) in [5.41, 5.74) is 3.05. The zero-order valence-electron chi connectivity index (χ0n) is 17.0. The summed E-state index contributed by atoms with van der Waals surface area (Å²) in [5.74, 6) is 0.399. The first-order valence-corrected chi connectivity index (χ1v) is 10.4. The summed E-state index contributed by atoms with van der Waals surface area (Å²) in [5, 5.41) is 4.02. The van der Waals surface area contributed by atoms with E-state index in [2.05, 4.69) is 15.2 Å². The number of nitrogens with one attached hydrogen (secondary N) is 1. The van der Waals surface area contributed by atoms with Crippen molar-refractivity contribution in [2.45, 2.75) is 32.7 Å². The van der Waals surface area contributed by atoms with Crippen molar-refractivity contribution in [1.82, 2.24) is 9.55 Å². The van der Waals surface area contributed by atoms with Gasteiger partial charge in [0.25, 0.3) is 5.56 Å². The highest BCUT2D eigenvalue weighted by Gasteiger charge is 2.21. The fraction of sp³-hybridized carbons (Fsp3) is 0.304. The van der Waals surface area contributed by atoms with Gasteiger partial charge in [-0.15, -0.1) is 0 Å².